The fourth-order valence-electron chi connectivity index (χ4n) is 4.90. The summed E-state index contributed by atoms with van der Waals surface area (Å²) >= 11 is 1.81. The number of pyridine rings is 1. The Hall–Kier alpha value is -4.47. The quantitative estimate of drug-likeness (QED) is 0.250. The van der Waals surface area contributed by atoms with Crippen LogP contribution in [0.4, 0.5) is 17.1 Å². The van der Waals surface area contributed by atoms with Gasteiger partial charge in [0.15, 0.2) is 0 Å². The monoisotopic (exact) mass is 478 g/mol. The molecule has 0 unspecified atom stereocenters. The number of thiophene rings is 1. The lowest BCUT2D eigenvalue weighted by Crippen LogP contribution is -2.10. The van der Waals surface area contributed by atoms with Crippen LogP contribution in [-0.2, 0) is 0 Å². The van der Waals surface area contributed by atoms with E-state index in [1.54, 1.807) is 0 Å². The van der Waals surface area contributed by atoms with Gasteiger partial charge in [0.2, 0.25) is 0 Å². The first-order valence-corrected chi connectivity index (χ1v) is 12.9. The van der Waals surface area contributed by atoms with Crippen molar-refractivity contribution in [3.8, 4) is 11.1 Å². The number of benzene rings is 5. The van der Waals surface area contributed by atoms with Gasteiger partial charge in [-0.25, -0.2) is 0 Å². The lowest BCUT2D eigenvalue weighted by molar-refractivity contribution is 1.26. The summed E-state index contributed by atoms with van der Waals surface area (Å²) in [6.07, 6.45) is 2.00. The largest absolute Gasteiger partial charge is 0.309 e. The van der Waals surface area contributed by atoms with Crippen LogP contribution in [0.25, 0.3) is 42.2 Å². The highest BCUT2D eigenvalue weighted by atomic mass is 32.1. The highest BCUT2D eigenvalue weighted by Gasteiger charge is 2.16. The third-order valence-corrected chi connectivity index (χ3v) is 7.76. The predicted octanol–water partition coefficient (Wildman–Crippen LogP) is 9.74. The maximum Gasteiger partial charge on any atom is 0.0890 e. The molecule has 0 aliphatic heterocycles. The molecule has 0 aliphatic rings. The van der Waals surface area contributed by atoms with E-state index in [1.165, 1.54) is 36.7 Å². The first-order valence-electron chi connectivity index (χ1n) is 12.1. The third kappa shape index (κ3) is 3.62. The summed E-state index contributed by atoms with van der Waals surface area (Å²) in [6.45, 7) is 0. The van der Waals surface area contributed by atoms with Crippen molar-refractivity contribution < 1.29 is 0 Å². The molecule has 0 fully saturated rings. The Morgan fingerprint density at radius 2 is 1.11 bits per heavy atom. The van der Waals surface area contributed by atoms with Crippen LogP contribution < -0.4 is 4.90 Å². The summed E-state index contributed by atoms with van der Waals surface area (Å²) < 4.78 is 2.46. The van der Waals surface area contributed by atoms with Crippen molar-refractivity contribution in [3.63, 3.8) is 0 Å². The van der Waals surface area contributed by atoms with Crippen LogP contribution in [0.15, 0.2) is 134 Å². The highest BCUT2D eigenvalue weighted by Crippen LogP contribution is 2.40. The second-order valence-corrected chi connectivity index (χ2v) is 10.0. The number of para-hydroxylation sites is 1. The first kappa shape index (κ1) is 20.9. The molecule has 0 spiro atoms. The zero-order chi connectivity index (χ0) is 23.9. The molecule has 0 N–H and O–H groups in total. The van der Waals surface area contributed by atoms with Gasteiger partial charge in [0, 0.05) is 21.5 Å². The van der Waals surface area contributed by atoms with E-state index in [0.717, 1.165) is 22.6 Å². The normalized spacial score (nSPS) is 11.3. The van der Waals surface area contributed by atoms with Crippen molar-refractivity contribution in [1.82, 2.24) is 4.98 Å². The van der Waals surface area contributed by atoms with Crippen LogP contribution in [0, 0.1) is 0 Å². The molecule has 0 atom stereocenters. The van der Waals surface area contributed by atoms with Crippen LogP contribution in [0.5, 0.6) is 0 Å². The molecule has 170 valence electrons. The molecular formula is C33H22N2S. The van der Waals surface area contributed by atoms with Crippen molar-refractivity contribution in [3.05, 3.63) is 134 Å². The first-order chi connectivity index (χ1) is 17.8. The summed E-state index contributed by atoms with van der Waals surface area (Å²) in [5, 5.41) is 3.74. The predicted molar refractivity (Wildman–Crippen MR) is 155 cm³/mol. The number of nitrogens with zero attached hydrogens (tertiary/aromatic N) is 2. The van der Waals surface area contributed by atoms with E-state index in [0.29, 0.717) is 0 Å². The van der Waals surface area contributed by atoms with Gasteiger partial charge in [0.1, 0.15) is 0 Å². The molecule has 0 saturated heterocycles. The minimum atomic E-state index is 1.05. The average Bonchev–Trinajstić information content (AvgIpc) is 3.30. The summed E-state index contributed by atoms with van der Waals surface area (Å²) in [6, 6.07) is 45.1. The van der Waals surface area contributed by atoms with Crippen molar-refractivity contribution in [1.29, 1.82) is 0 Å². The van der Waals surface area contributed by atoms with Crippen LogP contribution in [-0.4, -0.2) is 4.98 Å². The zero-order valence-corrected chi connectivity index (χ0v) is 20.3. The van der Waals surface area contributed by atoms with E-state index in [9.17, 15) is 0 Å². The van der Waals surface area contributed by atoms with Crippen molar-refractivity contribution in [2.24, 2.45) is 0 Å². The van der Waals surface area contributed by atoms with Gasteiger partial charge in [0.25, 0.3) is 0 Å². The van der Waals surface area contributed by atoms with Crippen LogP contribution >= 0.6 is 11.3 Å². The van der Waals surface area contributed by atoms with E-state index >= 15 is 0 Å². The van der Waals surface area contributed by atoms with Gasteiger partial charge in [-0.2, -0.15) is 0 Å². The summed E-state index contributed by atoms with van der Waals surface area (Å²) in [4.78, 5) is 7.26. The lowest BCUT2D eigenvalue weighted by Gasteiger charge is -2.25. The topological polar surface area (TPSA) is 16.1 Å². The van der Waals surface area contributed by atoms with E-state index in [1.807, 2.05) is 17.5 Å². The summed E-state index contributed by atoms with van der Waals surface area (Å²) in [5.74, 6) is 0. The molecule has 7 rings (SSSR count). The molecule has 5 aromatic carbocycles. The molecule has 0 bridgehead atoms. The Balaban J connectivity index is 1.36. The second kappa shape index (κ2) is 8.63. The van der Waals surface area contributed by atoms with Gasteiger partial charge in [-0.15, -0.1) is 11.3 Å². The molecule has 0 aliphatic carbocycles. The number of hydrogen-bond donors (Lipinski definition) is 0. The molecule has 3 heteroatoms. The zero-order valence-electron chi connectivity index (χ0n) is 19.5. The van der Waals surface area contributed by atoms with Gasteiger partial charge in [-0.1, -0.05) is 84.9 Å². The molecule has 2 heterocycles. The van der Waals surface area contributed by atoms with Gasteiger partial charge in [-0.3, -0.25) is 4.98 Å². The Labute approximate surface area is 213 Å². The molecule has 0 amide bonds. The molecule has 36 heavy (non-hydrogen) atoms. The van der Waals surface area contributed by atoms with Crippen LogP contribution in [0.3, 0.4) is 0 Å². The van der Waals surface area contributed by atoms with E-state index < -0.39 is 0 Å². The average molecular weight is 479 g/mol. The Morgan fingerprint density at radius 3 is 1.86 bits per heavy atom. The Morgan fingerprint density at radius 1 is 0.500 bits per heavy atom. The minimum absolute atomic E-state index is 1.05. The smallest absolute Gasteiger partial charge is 0.0890 e. The number of fused-ring (bicyclic) bond motifs is 4. The van der Waals surface area contributed by atoms with Gasteiger partial charge in [-0.05, 0) is 64.4 Å². The van der Waals surface area contributed by atoms with Gasteiger partial charge in [0.05, 0.1) is 22.1 Å². The van der Waals surface area contributed by atoms with E-state index in [4.69, 9.17) is 4.98 Å². The number of hydrogen-bond acceptors (Lipinski definition) is 3. The lowest BCUT2D eigenvalue weighted by atomic mass is 10.0. The molecular weight excluding hydrogens is 456 g/mol. The molecule has 0 saturated carbocycles. The van der Waals surface area contributed by atoms with Gasteiger partial charge >= 0.3 is 0 Å². The summed E-state index contributed by atoms with van der Waals surface area (Å²) in [5.41, 5.74) is 6.76. The van der Waals surface area contributed by atoms with Crippen LogP contribution in [0.2, 0.25) is 0 Å². The number of anilines is 3. The molecule has 2 aromatic heterocycles. The minimum Gasteiger partial charge on any atom is -0.309 e. The summed E-state index contributed by atoms with van der Waals surface area (Å²) in [7, 11) is 0. The van der Waals surface area contributed by atoms with E-state index in [2.05, 4.69) is 132 Å². The van der Waals surface area contributed by atoms with Crippen LogP contribution in [0.1, 0.15) is 0 Å². The Kier molecular flexibility index (Phi) is 5.00. The van der Waals surface area contributed by atoms with Crippen molar-refractivity contribution >= 4 is 59.5 Å². The standard InChI is InChI=1S/C33H22N2S/c1-3-9-23(10-4-1)24-15-17-28(18-16-24)35(27-13-5-2-6-14-27)29-21-32-33(34-22-29)30-19-25-11-7-8-12-26(25)20-31(30)36-32/h1-22H. The third-order valence-electron chi connectivity index (χ3n) is 6.67. The highest BCUT2D eigenvalue weighted by molar-refractivity contribution is 7.25. The van der Waals surface area contributed by atoms with E-state index in [-0.39, 0.29) is 0 Å². The maximum absolute atomic E-state index is 4.98. The molecule has 0 radical (unpaired) electrons. The SMILES string of the molecule is c1ccc(-c2ccc(N(c3ccccc3)c3cnc4c(c3)sc3cc5ccccc5cc34)cc2)cc1. The number of aromatic nitrogens is 1. The van der Waals surface area contributed by atoms with Crippen molar-refractivity contribution in [2.45, 2.75) is 0 Å². The Bertz CT molecular complexity index is 1820. The van der Waals surface area contributed by atoms with Gasteiger partial charge < -0.3 is 4.90 Å². The maximum atomic E-state index is 4.98. The fraction of sp³-hybridized carbons (Fsp3) is 0. The second-order valence-electron chi connectivity index (χ2n) is 8.92. The fourth-order valence-corrected chi connectivity index (χ4v) is 6.03. The van der Waals surface area contributed by atoms with Crippen molar-refractivity contribution in [2.75, 3.05) is 4.90 Å². The number of rotatable bonds is 4. The molecule has 2 nitrogen and oxygen atoms in total. The molecule has 7 aromatic rings.